The lowest BCUT2D eigenvalue weighted by Gasteiger charge is -2.11. The molecule has 25 heavy (non-hydrogen) atoms. The molecule has 0 amide bonds. The van der Waals surface area contributed by atoms with Crippen molar-refractivity contribution in [2.45, 2.75) is 6.92 Å². The number of aryl methyl sites for hydroxylation is 1. The van der Waals surface area contributed by atoms with E-state index in [0.29, 0.717) is 22.9 Å². The van der Waals surface area contributed by atoms with Crippen molar-refractivity contribution in [3.8, 4) is 0 Å². The van der Waals surface area contributed by atoms with E-state index in [-0.39, 0.29) is 0 Å². The first-order valence-electron chi connectivity index (χ1n) is 7.58. The molecule has 124 valence electrons. The van der Waals surface area contributed by atoms with E-state index in [1.165, 1.54) is 0 Å². The molecule has 1 aromatic carbocycles. The zero-order valence-corrected chi connectivity index (χ0v) is 13.3. The number of hydrogen-bond donors (Lipinski definition) is 3. The van der Waals surface area contributed by atoms with Gasteiger partial charge in [-0.2, -0.15) is 4.98 Å². The second kappa shape index (κ2) is 6.08. The smallest absolute Gasteiger partial charge is 0.408 e. The van der Waals surface area contributed by atoms with Crippen LogP contribution in [0.2, 0.25) is 0 Å². The molecule has 0 saturated carbocycles. The van der Waals surface area contributed by atoms with Crippen molar-refractivity contribution in [2.24, 2.45) is 0 Å². The Morgan fingerprint density at radius 2 is 2.04 bits per heavy atom. The molecule has 0 atom stereocenters. The summed E-state index contributed by atoms with van der Waals surface area (Å²) in [7, 11) is 0. The van der Waals surface area contributed by atoms with Gasteiger partial charge in [0, 0.05) is 23.6 Å². The van der Waals surface area contributed by atoms with Gasteiger partial charge in [-0.1, -0.05) is 0 Å². The molecule has 4 aromatic rings. The first kappa shape index (κ1) is 14.9. The number of nitrogens with one attached hydrogen (secondary N) is 3. The maximum atomic E-state index is 11.3. The lowest BCUT2D eigenvalue weighted by molar-refractivity contribution is 0.555. The molecule has 0 unspecified atom stereocenters. The maximum absolute atomic E-state index is 11.3. The largest absolute Gasteiger partial charge is 0.417 e. The molecule has 0 fully saturated rings. The number of hydrogen-bond acceptors (Lipinski definition) is 7. The Bertz CT molecular complexity index is 1090. The number of benzene rings is 1. The molecule has 3 heterocycles. The summed E-state index contributed by atoms with van der Waals surface area (Å²) in [5.74, 6) is 0.638. The Balaban J connectivity index is 1.62. The minimum absolute atomic E-state index is 0.457. The first-order valence-corrected chi connectivity index (χ1v) is 7.58. The molecule has 4 rings (SSSR count). The standard InChI is InChI=1S/C17H14N6O2/c1-10-8-19-16(21-12-3-2-6-18-9-12)23-15(10)20-11-4-5-14-13(7-11)22-17(24)25-14/h2-9H,1H3,(H,22,24)(H2,19,20,21,23). The molecule has 3 aromatic heterocycles. The van der Waals surface area contributed by atoms with Gasteiger partial charge in [0.05, 0.1) is 17.4 Å². The van der Waals surface area contributed by atoms with Gasteiger partial charge < -0.3 is 15.1 Å². The molecule has 0 radical (unpaired) electrons. The number of H-pyrrole nitrogens is 1. The lowest BCUT2D eigenvalue weighted by atomic mass is 10.2. The molecule has 0 saturated heterocycles. The van der Waals surface area contributed by atoms with Crippen LogP contribution < -0.4 is 16.4 Å². The Morgan fingerprint density at radius 1 is 1.12 bits per heavy atom. The van der Waals surface area contributed by atoms with Crippen LogP contribution in [-0.4, -0.2) is 19.9 Å². The van der Waals surface area contributed by atoms with Crippen LogP contribution in [-0.2, 0) is 0 Å². The number of aromatic amines is 1. The average Bonchev–Trinajstić information content (AvgIpc) is 2.98. The van der Waals surface area contributed by atoms with Crippen LogP contribution in [0.5, 0.6) is 0 Å². The molecular weight excluding hydrogens is 320 g/mol. The average molecular weight is 334 g/mol. The van der Waals surface area contributed by atoms with E-state index in [0.717, 1.165) is 16.9 Å². The van der Waals surface area contributed by atoms with Crippen molar-refractivity contribution >= 4 is 34.2 Å². The molecule has 8 heteroatoms. The highest BCUT2D eigenvalue weighted by Crippen LogP contribution is 2.23. The molecule has 0 spiro atoms. The Hall–Kier alpha value is -3.68. The number of oxazole rings is 1. The van der Waals surface area contributed by atoms with Crippen LogP contribution in [0.25, 0.3) is 11.1 Å². The molecule has 8 nitrogen and oxygen atoms in total. The second-order valence-electron chi connectivity index (χ2n) is 5.44. The van der Waals surface area contributed by atoms with Crippen LogP contribution in [0.1, 0.15) is 5.56 Å². The molecule has 0 aliphatic heterocycles. The number of anilines is 4. The minimum Gasteiger partial charge on any atom is -0.408 e. The summed E-state index contributed by atoms with van der Waals surface area (Å²) in [5.41, 5.74) is 3.59. The third-order valence-corrected chi connectivity index (χ3v) is 3.57. The zero-order valence-electron chi connectivity index (χ0n) is 13.3. The Labute approximate surface area is 142 Å². The van der Waals surface area contributed by atoms with Gasteiger partial charge in [0.2, 0.25) is 5.95 Å². The highest BCUT2D eigenvalue weighted by atomic mass is 16.4. The van der Waals surface area contributed by atoms with Gasteiger partial charge in [0.15, 0.2) is 5.58 Å². The quantitative estimate of drug-likeness (QED) is 0.526. The van der Waals surface area contributed by atoms with Crippen molar-refractivity contribution in [1.29, 1.82) is 0 Å². The van der Waals surface area contributed by atoms with Crippen LogP contribution in [0.4, 0.5) is 23.1 Å². The van der Waals surface area contributed by atoms with Crippen LogP contribution in [0.3, 0.4) is 0 Å². The van der Waals surface area contributed by atoms with Crippen molar-refractivity contribution < 1.29 is 4.42 Å². The summed E-state index contributed by atoms with van der Waals surface area (Å²) in [5, 5.41) is 6.33. The van der Waals surface area contributed by atoms with Gasteiger partial charge >= 0.3 is 5.76 Å². The summed E-state index contributed by atoms with van der Waals surface area (Å²) >= 11 is 0. The zero-order chi connectivity index (χ0) is 17.2. The fourth-order valence-corrected chi connectivity index (χ4v) is 2.36. The monoisotopic (exact) mass is 334 g/mol. The number of fused-ring (bicyclic) bond motifs is 1. The highest BCUT2D eigenvalue weighted by Gasteiger charge is 2.07. The van der Waals surface area contributed by atoms with E-state index in [1.54, 1.807) is 30.7 Å². The number of nitrogens with zero attached hydrogens (tertiary/aromatic N) is 3. The molecule has 3 N–H and O–H groups in total. The number of pyridine rings is 1. The highest BCUT2D eigenvalue weighted by molar-refractivity contribution is 5.78. The Kier molecular flexibility index (Phi) is 3.62. The summed E-state index contributed by atoms with van der Waals surface area (Å²) in [6.07, 6.45) is 5.12. The topological polar surface area (TPSA) is 109 Å². The maximum Gasteiger partial charge on any atom is 0.417 e. The van der Waals surface area contributed by atoms with Gasteiger partial charge in [-0.25, -0.2) is 9.78 Å². The molecule has 0 aliphatic carbocycles. The predicted octanol–water partition coefficient (Wildman–Crippen LogP) is 3.10. The third-order valence-electron chi connectivity index (χ3n) is 3.57. The van der Waals surface area contributed by atoms with Crippen molar-refractivity contribution in [2.75, 3.05) is 10.6 Å². The number of aromatic nitrogens is 4. The summed E-state index contributed by atoms with van der Waals surface area (Å²) < 4.78 is 5.00. The first-order chi connectivity index (χ1) is 12.2. The van der Waals surface area contributed by atoms with E-state index in [4.69, 9.17) is 4.42 Å². The van der Waals surface area contributed by atoms with Crippen LogP contribution in [0.15, 0.2) is 58.1 Å². The van der Waals surface area contributed by atoms with Gasteiger partial charge in [0.1, 0.15) is 5.82 Å². The van der Waals surface area contributed by atoms with E-state index < -0.39 is 5.76 Å². The van der Waals surface area contributed by atoms with E-state index in [2.05, 4.69) is 30.6 Å². The van der Waals surface area contributed by atoms with Gasteiger partial charge in [-0.3, -0.25) is 9.97 Å². The molecular formula is C17H14N6O2. The van der Waals surface area contributed by atoms with Crippen LogP contribution in [0, 0.1) is 6.92 Å². The summed E-state index contributed by atoms with van der Waals surface area (Å²) in [6.45, 7) is 1.91. The second-order valence-corrected chi connectivity index (χ2v) is 5.44. The molecule has 0 bridgehead atoms. The lowest BCUT2D eigenvalue weighted by Crippen LogP contribution is -2.03. The summed E-state index contributed by atoms with van der Waals surface area (Å²) in [6, 6.07) is 9.04. The van der Waals surface area contributed by atoms with Crippen molar-refractivity contribution in [1.82, 2.24) is 19.9 Å². The van der Waals surface area contributed by atoms with Crippen molar-refractivity contribution in [3.05, 3.63) is 65.0 Å². The summed E-state index contributed by atoms with van der Waals surface area (Å²) in [4.78, 5) is 26.7. The fourth-order valence-electron chi connectivity index (χ4n) is 2.36. The van der Waals surface area contributed by atoms with Crippen LogP contribution >= 0.6 is 0 Å². The van der Waals surface area contributed by atoms with Gasteiger partial charge in [-0.05, 0) is 37.3 Å². The Morgan fingerprint density at radius 3 is 2.88 bits per heavy atom. The normalized spacial score (nSPS) is 10.8. The van der Waals surface area contributed by atoms with Gasteiger partial charge in [0.25, 0.3) is 0 Å². The predicted molar refractivity (Wildman–Crippen MR) is 94.4 cm³/mol. The SMILES string of the molecule is Cc1cnc(Nc2cccnc2)nc1Nc1ccc2oc(=O)[nH]c2c1. The minimum atomic E-state index is -0.478. The van der Waals surface area contributed by atoms with Gasteiger partial charge in [-0.15, -0.1) is 0 Å². The van der Waals surface area contributed by atoms with Crippen molar-refractivity contribution in [3.63, 3.8) is 0 Å². The third kappa shape index (κ3) is 3.18. The molecule has 0 aliphatic rings. The van der Waals surface area contributed by atoms with E-state index in [9.17, 15) is 4.79 Å². The van der Waals surface area contributed by atoms with E-state index >= 15 is 0 Å². The fraction of sp³-hybridized carbons (Fsp3) is 0.0588. The number of rotatable bonds is 4. The van der Waals surface area contributed by atoms with E-state index in [1.807, 2.05) is 25.1 Å².